The average Bonchev–Trinajstić information content (AvgIpc) is 2.19. The molecule has 1 aromatic rings. The molecule has 1 atom stereocenters. The maximum atomic E-state index is 11.6. The monoisotopic (exact) mass is 255 g/mol. The second-order valence-electron chi connectivity index (χ2n) is 3.96. The molecular weight excluding hydrogens is 242 g/mol. The van der Waals surface area contributed by atoms with Crippen molar-refractivity contribution in [3.8, 4) is 0 Å². The Bertz CT molecular complexity index is 403. The Hall–Kier alpha value is -1.55. The number of benzene rings is 1. The molecule has 0 aliphatic carbocycles. The van der Waals surface area contributed by atoms with E-state index in [1.165, 1.54) is 0 Å². The average molecular weight is 256 g/mol. The molecule has 0 aromatic heterocycles. The zero-order chi connectivity index (χ0) is 12.8. The molecule has 1 aromatic carbocycles. The van der Waals surface area contributed by atoms with E-state index in [4.69, 9.17) is 16.7 Å². The highest BCUT2D eigenvalue weighted by Crippen LogP contribution is 2.15. The minimum atomic E-state index is -0.892. The zero-order valence-electron chi connectivity index (χ0n) is 9.44. The number of carbonyl (C=O) groups excluding carboxylic acids is 1. The molecule has 0 radical (unpaired) electrons. The molecule has 1 rings (SSSR count). The summed E-state index contributed by atoms with van der Waals surface area (Å²) in [5.41, 5.74) is 0.655. The van der Waals surface area contributed by atoms with Gasteiger partial charge in [0.1, 0.15) is 0 Å². The number of carboxylic acids is 1. The second-order valence-corrected chi connectivity index (χ2v) is 4.40. The van der Waals surface area contributed by atoms with Gasteiger partial charge >= 0.3 is 5.97 Å². The van der Waals surface area contributed by atoms with E-state index in [0.717, 1.165) is 0 Å². The molecule has 4 nitrogen and oxygen atoms in total. The van der Waals surface area contributed by atoms with Crippen LogP contribution in [0.1, 0.15) is 19.8 Å². The van der Waals surface area contributed by atoms with Crippen LogP contribution in [0.5, 0.6) is 0 Å². The van der Waals surface area contributed by atoms with Gasteiger partial charge < -0.3 is 10.4 Å². The number of rotatable bonds is 5. The molecule has 2 N–H and O–H groups in total. The number of amides is 1. The van der Waals surface area contributed by atoms with Gasteiger partial charge in [-0.3, -0.25) is 9.59 Å². The van der Waals surface area contributed by atoms with E-state index < -0.39 is 5.97 Å². The minimum Gasteiger partial charge on any atom is -0.481 e. The largest absolute Gasteiger partial charge is 0.481 e. The Morgan fingerprint density at radius 3 is 2.41 bits per heavy atom. The molecule has 5 heteroatoms. The Labute approximate surface area is 105 Å². The van der Waals surface area contributed by atoms with E-state index >= 15 is 0 Å². The molecular formula is C12H14ClNO3. The Balaban J connectivity index is 2.44. The van der Waals surface area contributed by atoms with Crippen LogP contribution in [0.3, 0.4) is 0 Å². The smallest absolute Gasteiger partial charge is 0.303 e. The third-order valence-electron chi connectivity index (χ3n) is 2.18. The predicted molar refractivity (Wildman–Crippen MR) is 66.1 cm³/mol. The van der Waals surface area contributed by atoms with Crippen molar-refractivity contribution < 1.29 is 14.7 Å². The highest BCUT2D eigenvalue weighted by Gasteiger charge is 2.12. The molecule has 0 spiro atoms. The standard InChI is InChI=1S/C12H14ClNO3/c1-8(7-12(16)17)6-11(15)14-10-4-2-9(13)3-5-10/h2-5,8H,6-7H2,1H3,(H,14,15)(H,16,17)/t8-/m0/s1. The van der Waals surface area contributed by atoms with E-state index in [-0.39, 0.29) is 24.7 Å². The lowest BCUT2D eigenvalue weighted by molar-refractivity contribution is -0.138. The number of anilines is 1. The van der Waals surface area contributed by atoms with Crippen molar-refractivity contribution in [1.29, 1.82) is 0 Å². The first-order valence-electron chi connectivity index (χ1n) is 5.24. The Morgan fingerprint density at radius 2 is 1.88 bits per heavy atom. The summed E-state index contributed by atoms with van der Waals surface area (Å²) in [7, 11) is 0. The predicted octanol–water partition coefficient (Wildman–Crippen LogP) is 2.78. The van der Waals surface area contributed by atoms with Crippen LogP contribution in [-0.4, -0.2) is 17.0 Å². The van der Waals surface area contributed by atoms with Crippen molar-refractivity contribution >= 4 is 29.2 Å². The van der Waals surface area contributed by atoms with Crippen LogP contribution in [-0.2, 0) is 9.59 Å². The molecule has 0 aliphatic heterocycles. The lowest BCUT2D eigenvalue weighted by Gasteiger charge is -2.09. The number of hydrogen-bond donors (Lipinski definition) is 2. The number of aliphatic carboxylic acids is 1. The van der Waals surface area contributed by atoms with Crippen molar-refractivity contribution in [2.24, 2.45) is 5.92 Å². The fraction of sp³-hybridized carbons (Fsp3) is 0.333. The summed E-state index contributed by atoms with van der Waals surface area (Å²) in [5.74, 6) is -1.27. The van der Waals surface area contributed by atoms with Gasteiger partial charge in [0.05, 0.1) is 0 Å². The molecule has 0 unspecified atom stereocenters. The first-order valence-corrected chi connectivity index (χ1v) is 5.62. The van der Waals surface area contributed by atoms with Gasteiger partial charge in [-0.1, -0.05) is 18.5 Å². The molecule has 17 heavy (non-hydrogen) atoms. The lowest BCUT2D eigenvalue weighted by atomic mass is 10.0. The molecule has 0 bridgehead atoms. The maximum Gasteiger partial charge on any atom is 0.303 e. The van der Waals surface area contributed by atoms with Crippen molar-refractivity contribution in [2.75, 3.05) is 5.32 Å². The summed E-state index contributed by atoms with van der Waals surface area (Å²) in [6.45, 7) is 1.73. The van der Waals surface area contributed by atoms with Crippen LogP contribution in [0, 0.1) is 5.92 Å². The topological polar surface area (TPSA) is 66.4 Å². The van der Waals surface area contributed by atoms with Crippen LogP contribution in [0.2, 0.25) is 5.02 Å². The van der Waals surface area contributed by atoms with Gasteiger partial charge in [0, 0.05) is 23.6 Å². The molecule has 0 heterocycles. The van der Waals surface area contributed by atoms with Crippen molar-refractivity contribution in [2.45, 2.75) is 19.8 Å². The normalized spacial score (nSPS) is 11.9. The molecule has 0 aliphatic rings. The highest BCUT2D eigenvalue weighted by molar-refractivity contribution is 6.30. The molecule has 0 fully saturated rings. The van der Waals surface area contributed by atoms with Gasteiger partial charge in [-0.2, -0.15) is 0 Å². The fourth-order valence-electron chi connectivity index (χ4n) is 1.43. The van der Waals surface area contributed by atoms with Gasteiger partial charge in [0.2, 0.25) is 5.91 Å². The summed E-state index contributed by atoms with van der Waals surface area (Å²) in [5, 5.41) is 11.9. The van der Waals surface area contributed by atoms with Gasteiger partial charge in [-0.05, 0) is 30.2 Å². The third kappa shape index (κ3) is 5.36. The van der Waals surface area contributed by atoms with E-state index in [1.807, 2.05) is 0 Å². The number of carbonyl (C=O) groups is 2. The SMILES string of the molecule is C[C@H](CC(=O)O)CC(=O)Nc1ccc(Cl)cc1. The summed E-state index contributed by atoms with van der Waals surface area (Å²) in [6.07, 6.45) is 0.183. The minimum absolute atomic E-state index is 0.00591. The van der Waals surface area contributed by atoms with Crippen LogP contribution < -0.4 is 5.32 Å². The van der Waals surface area contributed by atoms with Gasteiger partial charge in [0.15, 0.2) is 0 Å². The first kappa shape index (κ1) is 13.5. The molecule has 0 saturated carbocycles. The van der Waals surface area contributed by atoms with Gasteiger partial charge in [-0.15, -0.1) is 0 Å². The second kappa shape index (κ2) is 6.25. The lowest BCUT2D eigenvalue weighted by Crippen LogP contribution is -2.16. The molecule has 92 valence electrons. The van der Waals surface area contributed by atoms with Crippen LogP contribution in [0.4, 0.5) is 5.69 Å². The number of nitrogens with one attached hydrogen (secondary N) is 1. The van der Waals surface area contributed by atoms with Crippen molar-refractivity contribution in [3.63, 3.8) is 0 Å². The fourth-order valence-corrected chi connectivity index (χ4v) is 1.56. The maximum absolute atomic E-state index is 11.6. The van der Waals surface area contributed by atoms with Crippen LogP contribution in [0.25, 0.3) is 0 Å². The molecule has 0 saturated heterocycles. The summed E-state index contributed by atoms with van der Waals surface area (Å²) < 4.78 is 0. The first-order chi connectivity index (χ1) is 7.97. The summed E-state index contributed by atoms with van der Waals surface area (Å²) in [6, 6.07) is 6.75. The van der Waals surface area contributed by atoms with Crippen LogP contribution >= 0.6 is 11.6 Å². The highest BCUT2D eigenvalue weighted by atomic mass is 35.5. The van der Waals surface area contributed by atoms with Crippen molar-refractivity contribution in [3.05, 3.63) is 29.3 Å². The van der Waals surface area contributed by atoms with Gasteiger partial charge in [0.25, 0.3) is 0 Å². The molecule has 1 amide bonds. The Morgan fingerprint density at radius 1 is 1.29 bits per heavy atom. The third-order valence-corrected chi connectivity index (χ3v) is 2.44. The Kier molecular flexibility index (Phi) is 4.97. The van der Waals surface area contributed by atoms with E-state index in [2.05, 4.69) is 5.32 Å². The van der Waals surface area contributed by atoms with E-state index in [0.29, 0.717) is 10.7 Å². The van der Waals surface area contributed by atoms with E-state index in [9.17, 15) is 9.59 Å². The van der Waals surface area contributed by atoms with Gasteiger partial charge in [-0.25, -0.2) is 0 Å². The number of hydrogen-bond acceptors (Lipinski definition) is 2. The quantitative estimate of drug-likeness (QED) is 0.850. The van der Waals surface area contributed by atoms with Crippen LogP contribution in [0.15, 0.2) is 24.3 Å². The number of halogens is 1. The number of carboxylic acid groups (broad SMARTS) is 1. The summed E-state index contributed by atoms with van der Waals surface area (Å²) >= 11 is 5.71. The summed E-state index contributed by atoms with van der Waals surface area (Å²) in [4.78, 5) is 22.0. The zero-order valence-corrected chi connectivity index (χ0v) is 10.2. The van der Waals surface area contributed by atoms with E-state index in [1.54, 1.807) is 31.2 Å². The van der Waals surface area contributed by atoms with Crippen molar-refractivity contribution in [1.82, 2.24) is 0 Å².